The maximum Gasteiger partial charge on any atom is 0.150 e. The fraction of sp³-hybridized carbons (Fsp3) is 0.833. The Morgan fingerprint density at radius 1 is 1.43 bits per heavy atom. The first kappa shape index (κ1) is 4.82. The van der Waals surface area contributed by atoms with Gasteiger partial charge in [-0.1, -0.05) is 13.8 Å². The number of hydrogen-bond donors (Lipinski definition) is 1. The molecule has 0 atom stereocenters. The van der Waals surface area contributed by atoms with Crippen molar-refractivity contribution in [3.8, 4) is 0 Å². The van der Waals surface area contributed by atoms with Crippen molar-refractivity contribution < 1.29 is 5.41 Å². The van der Waals surface area contributed by atoms with E-state index < -0.39 is 0 Å². The standard InChI is InChI=1S/C6H11N/c1-6(2)3-5(7)4-6/h7H,3-4H2,1-2H3/p+1. The van der Waals surface area contributed by atoms with E-state index in [1.54, 1.807) is 0 Å². The summed E-state index contributed by atoms with van der Waals surface area (Å²) < 4.78 is 0. The van der Waals surface area contributed by atoms with Gasteiger partial charge >= 0.3 is 0 Å². The summed E-state index contributed by atoms with van der Waals surface area (Å²) in [6.45, 7) is 4.48. The molecular formula is C6H12N+. The van der Waals surface area contributed by atoms with Gasteiger partial charge in [-0.15, -0.1) is 0 Å². The largest absolute Gasteiger partial charge is 0.261 e. The Morgan fingerprint density at radius 3 is 1.86 bits per heavy atom. The van der Waals surface area contributed by atoms with Crippen LogP contribution in [0.2, 0.25) is 0 Å². The Balaban J connectivity index is 2.43. The van der Waals surface area contributed by atoms with E-state index in [1.807, 2.05) is 0 Å². The minimum atomic E-state index is 0.532. The zero-order valence-electron chi connectivity index (χ0n) is 4.99. The Morgan fingerprint density at radius 2 is 1.86 bits per heavy atom. The average Bonchev–Trinajstić information content (AvgIpc) is 1.27. The van der Waals surface area contributed by atoms with Gasteiger partial charge in [-0.05, 0) is 5.41 Å². The molecule has 0 bridgehead atoms. The molecule has 40 valence electrons. The molecule has 0 aromatic heterocycles. The summed E-state index contributed by atoms with van der Waals surface area (Å²) in [4.78, 5) is 0. The van der Waals surface area contributed by atoms with E-state index in [-0.39, 0.29) is 0 Å². The molecular weight excluding hydrogens is 86.1 g/mol. The van der Waals surface area contributed by atoms with Crippen LogP contribution in [-0.4, -0.2) is 5.71 Å². The smallest absolute Gasteiger partial charge is 0.150 e. The first-order chi connectivity index (χ1) is 3.10. The van der Waals surface area contributed by atoms with Crippen LogP contribution in [0.4, 0.5) is 0 Å². The molecule has 1 saturated carbocycles. The Labute approximate surface area is 44.2 Å². The zero-order valence-corrected chi connectivity index (χ0v) is 4.99. The molecule has 1 fully saturated rings. The van der Waals surface area contributed by atoms with Crippen LogP contribution in [0.25, 0.3) is 0 Å². The molecule has 0 radical (unpaired) electrons. The molecule has 1 heteroatoms. The molecule has 0 aromatic rings. The SMILES string of the molecule is CC1(C)CC(=[NH2+])C1. The van der Waals surface area contributed by atoms with E-state index in [0.717, 1.165) is 12.8 Å². The third kappa shape index (κ3) is 0.817. The molecule has 2 N–H and O–H groups in total. The second-order valence-electron chi connectivity index (χ2n) is 3.18. The van der Waals surface area contributed by atoms with Crippen LogP contribution in [0, 0.1) is 5.41 Å². The van der Waals surface area contributed by atoms with Crippen LogP contribution in [0.3, 0.4) is 0 Å². The highest BCUT2D eigenvalue weighted by atomic mass is 14.5. The third-order valence-corrected chi connectivity index (χ3v) is 1.41. The Kier molecular flexibility index (Phi) is 0.748. The van der Waals surface area contributed by atoms with Gasteiger partial charge in [0.05, 0.1) is 0 Å². The summed E-state index contributed by atoms with van der Waals surface area (Å²) >= 11 is 0. The van der Waals surface area contributed by atoms with Gasteiger partial charge in [0.2, 0.25) is 0 Å². The normalized spacial score (nSPS) is 26.9. The van der Waals surface area contributed by atoms with Crippen molar-refractivity contribution in [2.75, 3.05) is 0 Å². The molecule has 0 heterocycles. The first-order valence-electron chi connectivity index (χ1n) is 2.70. The van der Waals surface area contributed by atoms with Crippen molar-refractivity contribution in [3.05, 3.63) is 0 Å². The fourth-order valence-electron chi connectivity index (χ4n) is 1.18. The van der Waals surface area contributed by atoms with Gasteiger partial charge in [-0.3, -0.25) is 5.41 Å². The maximum atomic E-state index is 5.47. The van der Waals surface area contributed by atoms with Crippen molar-refractivity contribution in [1.82, 2.24) is 0 Å². The van der Waals surface area contributed by atoms with Crippen LogP contribution in [0.1, 0.15) is 26.7 Å². The van der Waals surface area contributed by atoms with Crippen molar-refractivity contribution in [3.63, 3.8) is 0 Å². The van der Waals surface area contributed by atoms with Crippen LogP contribution in [0.5, 0.6) is 0 Å². The summed E-state index contributed by atoms with van der Waals surface area (Å²) in [5.74, 6) is 0. The molecule has 1 aliphatic carbocycles. The molecule has 0 saturated heterocycles. The topological polar surface area (TPSA) is 25.6 Å². The lowest BCUT2D eigenvalue weighted by atomic mass is 9.71. The minimum Gasteiger partial charge on any atom is -0.261 e. The van der Waals surface area contributed by atoms with Crippen molar-refractivity contribution >= 4 is 5.71 Å². The fourth-order valence-corrected chi connectivity index (χ4v) is 1.18. The highest BCUT2D eigenvalue weighted by molar-refractivity contribution is 5.85. The Bertz CT molecular complexity index is 92.7. The monoisotopic (exact) mass is 98.1 g/mol. The molecule has 7 heavy (non-hydrogen) atoms. The lowest BCUT2D eigenvalue weighted by molar-refractivity contribution is -0.130. The lowest BCUT2D eigenvalue weighted by Gasteiger charge is -2.30. The molecule has 0 unspecified atom stereocenters. The molecule has 1 nitrogen and oxygen atoms in total. The molecule has 0 amide bonds. The van der Waals surface area contributed by atoms with Gasteiger partial charge < -0.3 is 0 Å². The molecule has 1 rings (SSSR count). The maximum absolute atomic E-state index is 5.47. The third-order valence-electron chi connectivity index (χ3n) is 1.41. The van der Waals surface area contributed by atoms with Crippen LogP contribution in [0.15, 0.2) is 0 Å². The van der Waals surface area contributed by atoms with Gasteiger partial charge in [0, 0.05) is 12.8 Å². The van der Waals surface area contributed by atoms with Gasteiger partial charge in [0.15, 0.2) is 0 Å². The van der Waals surface area contributed by atoms with E-state index >= 15 is 0 Å². The highest BCUT2D eigenvalue weighted by Gasteiger charge is 2.35. The van der Waals surface area contributed by atoms with Crippen molar-refractivity contribution in [2.24, 2.45) is 5.41 Å². The van der Waals surface area contributed by atoms with Gasteiger partial charge in [-0.2, -0.15) is 0 Å². The second kappa shape index (κ2) is 1.09. The molecule has 0 aromatic carbocycles. The summed E-state index contributed by atoms with van der Waals surface area (Å²) in [7, 11) is 0. The van der Waals surface area contributed by atoms with E-state index in [9.17, 15) is 0 Å². The average molecular weight is 98.2 g/mol. The summed E-state index contributed by atoms with van der Waals surface area (Å²) in [5.41, 5.74) is 1.70. The Hall–Kier alpha value is -0.330. The van der Waals surface area contributed by atoms with Crippen molar-refractivity contribution in [1.29, 1.82) is 0 Å². The molecule has 0 aliphatic heterocycles. The first-order valence-corrected chi connectivity index (χ1v) is 2.70. The van der Waals surface area contributed by atoms with E-state index in [0.29, 0.717) is 5.41 Å². The zero-order chi connectivity index (χ0) is 5.49. The summed E-state index contributed by atoms with van der Waals surface area (Å²) in [6, 6.07) is 0. The molecule has 0 spiro atoms. The minimum absolute atomic E-state index is 0.532. The highest BCUT2D eigenvalue weighted by Crippen LogP contribution is 2.34. The van der Waals surface area contributed by atoms with Gasteiger partial charge in [-0.25, -0.2) is 0 Å². The quantitative estimate of drug-likeness (QED) is 0.441. The van der Waals surface area contributed by atoms with Crippen LogP contribution >= 0.6 is 0 Å². The summed E-state index contributed by atoms with van der Waals surface area (Å²) in [6.07, 6.45) is 2.26. The van der Waals surface area contributed by atoms with Gasteiger partial charge in [0.25, 0.3) is 0 Å². The number of nitrogens with two attached hydrogens (primary N) is 1. The number of hydrogen-bond acceptors (Lipinski definition) is 0. The predicted octanol–water partition coefficient (Wildman–Crippen LogP) is 0.00650. The molecule has 1 aliphatic rings. The van der Waals surface area contributed by atoms with E-state index in [1.165, 1.54) is 5.71 Å². The van der Waals surface area contributed by atoms with E-state index in [2.05, 4.69) is 13.8 Å². The predicted molar refractivity (Wildman–Crippen MR) is 29.9 cm³/mol. The van der Waals surface area contributed by atoms with Crippen molar-refractivity contribution in [2.45, 2.75) is 26.7 Å². The van der Waals surface area contributed by atoms with Crippen LogP contribution in [-0.2, 0) is 0 Å². The lowest BCUT2D eigenvalue weighted by Crippen LogP contribution is -2.50. The number of rotatable bonds is 0. The van der Waals surface area contributed by atoms with E-state index in [4.69, 9.17) is 5.41 Å². The van der Waals surface area contributed by atoms with Gasteiger partial charge in [0.1, 0.15) is 5.71 Å². The summed E-state index contributed by atoms with van der Waals surface area (Å²) in [5, 5.41) is 5.47. The second-order valence-corrected chi connectivity index (χ2v) is 3.18. The van der Waals surface area contributed by atoms with Crippen LogP contribution < -0.4 is 5.41 Å².